The lowest BCUT2D eigenvalue weighted by atomic mass is 10.7. The number of thiol groups is 1. The van der Waals surface area contributed by atoms with Gasteiger partial charge in [-0.2, -0.15) is 12.6 Å². The summed E-state index contributed by atoms with van der Waals surface area (Å²) in [6.45, 7) is 0. The van der Waals surface area contributed by atoms with Crippen molar-refractivity contribution in [1.29, 1.82) is 5.41 Å². The van der Waals surface area contributed by atoms with E-state index in [4.69, 9.17) is 5.41 Å². The van der Waals surface area contributed by atoms with Gasteiger partial charge in [0.1, 0.15) is 0 Å². The third-order valence-corrected chi connectivity index (χ3v) is 1.17. The van der Waals surface area contributed by atoms with E-state index in [2.05, 4.69) is 12.6 Å². The summed E-state index contributed by atoms with van der Waals surface area (Å²) in [7, 11) is 0. The summed E-state index contributed by atoms with van der Waals surface area (Å²) in [6, 6.07) is 0. The molecule has 3 heteroatoms. The molecule has 0 aliphatic heterocycles. The first kappa shape index (κ1) is 7.11. The molecule has 0 aromatic carbocycles. The van der Waals surface area contributed by atoms with Crippen LogP contribution in [0.1, 0.15) is 0 Å². The Morgan fingerprint density at radius 2 is 2.43 bits per heavy atom. The molecule has 0 spiro atoms. The molecule has 0 bridgehead atoms. The van der Waals surface area contributed by atoms with Crippen LogP contribution in [0.25, 0.3) is 0 Å². The van der Waals surface area contributed by atoms with Crippen LogP contribution in [0.15, 0.2) is 11.5 Å². The molecule has 0 rings (SSSR count). The van der Waals surface area contributed by atoms with Crippen LogP contribution in [-0.2, 0) is 0 Å². The van der Waals surface area contributed by atoms with E-state index in [1.807, 2.05) is 6.26 Å². The lowest BCUT2D eigenvalue weighted by Crippen LogP contribution is -1.75. The highest BCUT2D eigenvalue weighted by Gasteiger charge is 1.78. The van der Waals surface area contributed by atoms with Gasteiger partial charge in [-0.25, -0.2) is 0 Å². The van der Waals surface area contributed by atoms with Gasteiger partial charge in [0.25, 0.3) is 0 Å². The molecule has 7 heavy (non-hydrogen) atoms. The van der Waals surface area contributed by atoms with Gasteiger partial charge in [0.15, 0.2) is 0 Å². The zero-order valence-electron chi connectivity index (χ0n) is 4.01. The van der Waals surface area contributed by atoms with Gasteiger partial charge >= 0.3 is 0 Å². The van der Waals surface area contributed by atoms with Gasteiger partial charge in [-0.1, -0.05) is 0 Å². The van der Waals surface area contributed by atoms with E-state index in [-0.39, 0.29) is 0 Å². The molecule has 0 aliphatic carbocycles. The van der Waals surface area contributed by atoms with Crippen molar-refractivity contribution in [2.75, 3.05) is 6.26 Å². The van der Waals surface area contributed by atoms with Gasteiger partial charge in [0.2, 0.25) is 0 Å². The second-order valence-corrected chi connectivity index (χ2v) is 2.03. The lowest BCUT2D eigenvalue weighted by molar-refractivity contribution is 1.57. The second-order valence-electron chi connectivity index (χ2n) is 0.884. The first-order valence-corrected chi connectivity index (χ1v) is 3.48. The molecular weight excluding hydrogens is 126 g/mol. The maximum absolute atomic E-state index is 6.96. The molecule has 1 N–H and O–H groups in total. The predicted octanol–water partition coefficient (Wildman–Crippen LogP) is 1.77. The van der Waals surface area contributed by atoms with Crippen LogP contribution in [0, 0.1) is 5.41 Å². The minimum atomic E-state index is 0.537. The van der Waals surface area contributed by atoms with Gasteiger partial charge in [0.05, 0.1) is 5.04 Å². The quantitative estimate of drug-likeness (QED) is 0.318. The minimum absolute atomic E-state index is 0.537. The number of rotatable bonds is 1. The van der Waals surface area contributed by atoms with Gasteiger partial charge in [-0.3, -0.25) is 5.41 Å². The molecule has 0 heterocycles. The van der Waals surface area contributed by atoms with Crippen molar-refractivity contribution >= 4 is 29.4 Å². The summed E-state index contributed by atoms with van der Waals surface area (Å²) in [5.74, 6) is 0. The Hall–Kier alpha value is 0.110. The Balaban J connectivity index is 3.37. The number of thioether (sulfide) groups is 1. The average Bonchev–Trinajstić information content (AvgIpc) is 1.68. The summed E-state index contributed by atoms with van der Waals surface area (Å²) < 4.78 is 0. The molecule has 0 aliphatic rings. The molecule has 0 saturated heterocycles. The van der Waals surface area contributed by atoms with Crippen molar-refractivity contribution in [1.82, 2.24) is 0 Å². The van der Waals surface area contributed by atoms with Crippen molar-refractivity contribution in [3.05, 3.63) is 11.5 Å². The molecule has 0 fully saturated rings. The molecule has 1 nitrogen and oxygen atoms in total. The first-order valence-electron chi connectivity index (χ1n) is 1.74. The summed E-state index contributed by atoms with van der Waals surface area (Å²) >= 11 is 5.18. The molecule has 0 radical (unpaired) electrons. The van der Waals surface area contributed by atoms with E-state index < -0.39 is 0 Å². The maximum Gasteiger partial charge on any atom is 0.0872 e. The number of nitrogens with one attached hydrogen (secondary N) is 1. The van der Waals surface area contributed by atoms with Crippen molar-refractivity contribution in [3.8, 4) is 0 Å². The highest BCUT2D eigenvalue weighted by atomic mass is 32.2. The highest BCUT2D eigenvalue weighted by molar-refractivity contribution is 8.13. The minimum Gasteiger partial charge on any atom is -0.294 e. The molecule has 0 unspecified atom stereocenters. The predicted molar refractivity (Wildman–Crippen MR) is 39.4 cm³/mol. The van der Waals surface area contributed by atoms with Gasteiger partial charge in [-0.05, 0) is 17.7 Å². The van der Waals surface area contributed by atoms with E-state index >= 15 is 0 Å². The van der Waals surface area contributed by atoms with E-state index in [0.29, 0.717) is 5.04 Å². The Kier molecular flexibility index (Phi) is 4.34. The van der Waals surface area contributed by atoms with E-state index in [1.54, 1.807) is 11.5 Å². The monoisotopic (exact) mass is 133 g/mol. The zero-order valence-corrected chi connectivity index (χ0v) is 5.72. The van der Waals surface area contributed by atoms with Crippen molar-refractivity contribution < 1.29 is 0 Å². The molecule has 0 aromatic rings. The van der Waals surface area contributed by atoms with Crippen molar-refractivity contribution in [3.63, 3.8) is 0 Å². The Morgan fingerprint density at radius 3 is 2.57 bits per heavy atom. The van der Waals surface area contributed by atoms with Gasteiger partial charge in [0, 0.05) is 0 Å². The van der Waals surface area contributed by atoms with Crippen LogP contribution in [0.2, 0.25) is 0 Å². The van der Waals surface area contributed by atoms with Gasteiger partial charge in [-0.15, -0.1) is 11.8 Å². The fourth-order valence-corrected chi connectivity index (χ4v) is 0.590. The zero-order chi connectivity index (χ0) is 5.70. The van der Waals surface area contributed by atoms with Crippen LogP contribution >= 0.6 is 24.4 Å². The lowest BCUT2D eigenvalue weighted by Gasteiger charge is -1.82. The average molecular weight is 133 g/mol. The topological polar surface area (TPSA) is 23.9 Å². The van der Waals surface area contributed by atoms with Crippen LogP contribution in [0.4, 0.5) is 0 Å². The third-order valence-electron chi connectivity index (χ3n) is 0.446. The molecule has 40 valence electrons. The molecular formula is C4H7NS2. The maximum atomic E-state index is 6.96. The Labute approximate surface area is 53.1 Å². The van der Waals surface area contributed by atoms with Crippen LogP contribution < -0.4 is 0 Å². The number of hydrogen-bond donors (Lipinski definition) is 2. The standard InChI is InChI=1S/C4H7NS2/c1-7-4(5)2-3-6/h2-3,5-6H,1H3/b3-2-,5-4?. The third kappa shape index (κ3) is 3.95. The van der Waals surface area contributed by atoms with E-state index in [0.717, 1.165) is 0 Å². The summed E-state index contributed by atoms with van der Waals surface area (Å²) in [5, 5.41) is 9.06. The highest BCUT2D eigenvalue weighted by Crippen LogP contribution is 1.95. The molecule has 0 atom stereocenters. The van der Waals surface area contributed by atoms with Crippen LogP contribution in [0.5, 0.6) is 0 Å². The fraction of sp³-hybridized carbons (Fsp3) is 0.250. The normalized spacial score (nSPS) is 10.0. The fourth-order valence-electron chi connectivity index (χ4n) is 0.136. The largest absolute Gasteiger partial charge is 0.294 e. The van der Waals surface area contributed by atoms with Crippen molar-refractivity contribution in [2.24, 2.45) is 0 Å². The second kappa shape index (κ2) is 4.27. The van der Waals surface area contributed by atoms with Crippen LogP contribution in [0.3, 0.4) is 0 Å². The number of hydrogen-bond acceptors (Lipinski definition) is 3. The van der Waals surface area contributed by atoms with Crippen molar-refractivity contribution in [2.45, 2.75) is 0 Å². The molecule has 0 amide bonds. The Bertz CT molecular complexity index is 87.7. The van der Waals surface area contributed by atoms with Gasteiger partial charge < -0.3 is 0 Å². The van der Waals surface area contributed by atoms with Crippen LogP contribution in [-0.4, -0.2) is 11.3 Å². The SMILES string of the molecule is CSC(=N)/C=C\S. The Morgan fingerprint density at radius 1 is 1.86 bits per heavy atom. The summed E-state index contributed by atoms with van der Waals surface area (Å²) in [6.07, 6.45) is 3.49. The van der Waals surface area contributed by atoms with E-state index in [1.165, 1.54) is 11.8 Å². The summed E-state index contributed by atoms with van der Waals surface area (Å²) in [5.41, 5.74) is 0. The van der Waals surface area contributed by atoms with E-state index in [9.17, 15) is 0 Å². The smallest absolute Gasteiger partial charge is 0.0872 e. The molecule has 0 saturated carbocycles. The molecule has 0 aromatic heterocycles. The summed E-state index contributed by atoms with van der Waals surface area (Å²) in [4.78, 5) is 0. The first-order chi connectivity index (χ1) is 3.31.